The molecule has 1 aliphatic rings. The second kappa shape index (κ2) is 6.48. The Morgan fingerprint density at radius 3 is 2.53 bits per heavy atom. The molecule has 1 heterocycles. The van der Waals surface area contributed by atoms with Crippen molar-refractivity contribution in [3.05, 3.63) is 0 Å². The Bertz CT molecular complexity index is 412. The predicted octanol–water partition coefficient (Wildman–Crippen LogP) is 1.94. The van der Waals surface area contributed by atoms with Gasteiger partial charge in [-0.3, -0.25) is 4.79 Å². The summed E-state index contributed by atoms with van der Waals surface area (Å²) in [4.78, 5) is 13.8. The van der Waals surface area contributed by atoms with Crippen molar-refractivity contribution in [2.24, 2.45) is 0 Å². The minimum absolute atomic E-state index is 0.0944. The fraction of sp³-hybridized carbons (Fsp3) is 0.923. The minimum Gasteiger partial charge on any atom is -0.338 e. The van der Waals surface area contributed by atoms with E-state index in [1.54, 1.807) is 4.90 Å². The summed E-state index contributed by atoms with van der Waals surface area (Å²) in [6.07, 6.45) is 1.38. The van der Waals surface area contributed by atoms with E-state index in [0.717, 1.165) is 12.2 Å². The predicted molar refractivity (Wildman–Crippen MR) is 81.3 cm³/mol. The van der Waals surface area contributed by atoms with Gasteiger partial charge in [0.15, 0.2) is 9.84 Å². The second-order valence-corrected chi connectivity index (χ2v) is 10.3. The minimum atomic E-state index is -2.94. The van der Waals surface area contributed by atoms with Crippen LogP contribution in [0.4, 0.5) is 0 Å². The van der Waals surface area contributed by atoms with Crippen molar-refractivity contribution < 1.29 is 13.2 Å². The number of hydrogen-bond donors (Lipinski definition) is 0. The lowest BCUT2D eigenvalue weighted by Crippen LogP contribution is -2.49. The lowest BCUT2D eigenvalue weighted by molar-refractivity contribution is -0.132. The maximum absolute atomic E-state index is 12.1. The van der Waals surface area contributed by atoms with Crippen LogP contribution in [0, 0.1) is 0 Å². The number of carbonyl (C=O) groups is 1. The van der Waals surface area contributed by atoms with Gasteiger partial charge in [0.1, 0.15) is 0 Å². The lowest BCUT2D eigenvalue weighted by atomic mass is 10.2. The largest absolute Gasteiger partial charge is 0.338 e. The molecule has 0 spiro atoms. The van der Waals surface area contributed by atoms with Crippen molar-refractivity contribution in [1.82, 2.24) is 4.90 Å². The van der Waals surface area contributed by atoms with E-state index in [1.807, 2.05) is 18.7 Å². The van der Waals surface area contributed by atoms with E-state index in [0.29, 0.717) is 13.0 Å². The number of hydrogen-bond acceptors (Lipinski definition) is 4. The van der Waals surface area contributed by atoms with Gasteiger partial charge in [0.2, 0.25) is 5.91 Å². The van der Waals surface area contributed by atoms with Crippen LogP contribution in [0.3, 0.4) is 0 Å². The van der Waals surface area contributed by atoms with E-state index in [2.05, 4.69) is 20.8 Å². The normalized spacial score (nSPS) is 23.4. The molecule has 0 aromatic rings. The number of thioether (sulfide) groups is 1. The van der Waals surface area contributed by atoms with Gasteiger partial charge in [0.25, 0.3) is 0 Å². The third kappa shape index (κ3) is 6.17. The van der Waals surface area contributed by atoms with Crippen LogP contribution in [0.15, 0.2) is 0 Å². The maximum atomic E-state index is 12.1. The van der Waals surface area contributed by atoms with Crippen molar-refractivity contribution >= 4 is 27.5 Å². The first-order valence-electron chi connectivity index (χ1n) is 6.74. The molecule has 0 aromatic heterocycles. The zero-order valence-corrected chi connectivity index (χ0v) is 13.9. The van der Waals surface area contributed by atoms with E-state index in [1.165, 1.54) is 0 Å². The molecule has 0 bridgehead atoms. The number of carbonyl (C=O) groups excluding carboxylic acids is 1. The van der Waals surface area contributed by atoms with Crippen molar-refractivity contribution in [1.29, 1.82) is 0 Å². The zero-order valence-electron chi connectivity index (χ0n) is 12.3. The smallest absolute Gasteiger partial charge is 0.222 e. The second-order valence-electron chi connectivity index (χ2n) is 6.11. The standard InChI is InChI=1S/C13H25NO3S2/c1-11-10-19(16,17)9-7-14(11)12(15)6-5-8-18-13(2,3)4/h11H,5-10H2,1-4H3/t11-/m0/s1. The van der Waals surface area contributed by atoms with E-state index in [4.69, 9.17) is 0 Å². The average molecular weight is 307 g/mol. The molecular weight excluding hydrogens is 282 g/mol. The first-order chi connectivity index (χ1) is 8.61. The molecule has 0 aliphatic carbocycles. The molecule has 6 heteroatoms. The molecular formula is C13H25NO3S2. The van der Waals surface area contributed by atoms with Gasteiger partial charge in [-0.25, -0.2) is 8.42 Å². The molecule has 112 valence electrons. The summed E-state index contributed by atoms with van der Waals surface area (Å²) in [7, 11) is -2.94. The molecule has 1 rings (SSSR count). The van der Waals surface area contributed by atoms with Crippen molar-refractivity contribution in [2.75, 3.05) is 23.8 Å². The molecule has 4 nitrogen and oxygen atoms in total. The Morgan fingerprint density at radius 2 is 2.00 bits per heavy atom. The zero-order chi connectivity index (χ0) is 14.7. The van der Waals surface area contributed by atoms with Crippen molar-refractivity contribution in [3.63, 3.8) is 0 Å². The Balaban J connectivity index is 2.34. The third-order valence-corrected chi connectivity index (χ3v) is 6.21. The highest BCUT2D eigenvalue weighted by Crippen LogP contribution is 2.24. The van der Waals surface area contributed by atoms with Crippen LogP contribution in [0.25, 0.3) is 0 Å². The monoisotopic (exact) mass is 307 g/mol. The molecule has 19 heavy (non-hydrogen) atoms. The first-order valence-corrected chi connectivity index (χ1v) is 9.55. The molecule has 1 saturated heterocycles. The van der Waals surface area contributed by atoms with Crippen LogP contribution in [-0.4, -0.2) is 53.8 Å². The van der Waals surface area contributed by atoms with E-state index >= 15 is 0 Å². The van der Waals surface area contributed by atoms with Gasteiger partial charge in [-0.1, -0.05) is 20.8 Å². The van der Waals surface area contributed by atoms with E-state index < -0.39 is 9.84 Å². The van der Waals surface area contributed by atoms with Crippen LogP contribution in [0.5, 0.6) is 0 Å². The summed E-state index contributed by atoms with van der Waals surface area (Å²) in [5, 5.41) is 0. The van der Waals surface area contributed by atoms with Gasteiger partial charge in [0, 0.05) is 23.8 Å². The average Bonchev–Trinajstić information content (AvgIpc) is 2.21. The number of rotatable bonds is 4. The van der Waals surface area contributed by atoms with Gasteiger partial charge < -0.3 is 4.90 Å². The summed E-state index contributed by atoms with van der Waals surface area (Å²) in [5.74, 6) is 1.28. The quantitative estimate of drug-likeness (QED) is 0.745. The van der Waals surface area contributed by atoms with Gasteiger partial charge in [-0.05, 0) is 19.1 Å². The van der Waals surface area contributed by atoms with Crippen LogP contribution in [0.1, 0.15) is 40.5 Å². The van der Waals surface area contributed by atoms with Gasteiger partial charge in [0.05, 0.1) is 11.5 Å². The molecule has 0 aromatic carbocycles. The fourth-order valence-electron chi connectivity index (χ4n) is 2.11. The molecule has 1 atom stereocenters. The molecule has 0 radical (unpaired) electrons. The van der Waals surface area contributed by atoms with Gasteiger partial charge in [-0.15, -0.1) is 0 Å². The van der Waals surface area contributed by atoms with Crippen LogP contribution < -0.4 is 0 Å². The number of amides is 1. The summed E-state index contributed by atoms with van der Waals surface area (Å²) in [6, 6.07) is -0.179. The first kappa shape index (κ1) is 16.8. The Hall–Kier alpha value is -0.230. The van der Waals surface area contributed by atoms with E-state index in [9.17, 15) is 13.2 Å². The summed E-state index contributed by atoms with van der Waals surface area (Å²) < 4.78 is 23.1. The van der Waals surface area contributed by atoms with Crippen LogP contribution in [0.2, 0.25) is 0 Å². The molecule has 0 N–H and O–H groups in total. The lowest BCUT2D eigenvalue weighted by Gasteiger charge is -2.33. The van der Waals surface area contributed by atoms with Crippen LogP contribution in [-0.2, 0) is 14.6 Å². The Labute approximate surface area is 121 Å². The third-order valence-electron chi connectivity index (χ3n) is 3.06. The molecule has 0 saturated carbocycles. The summed E-state index contributed by atoms with van der Waals surface area (Å²) in [6.45, 7) is 8.67. The number of sulfone groups is 1. The number of nitrogens with zero attached hydrogens (tertiary/aromatic N) is 1. The topological polar surface area (TPSA) is 54.5 Å². The van der Waals surface area contributed by atoms with E-state index in [-0.39, 0.29) is 28.2 Å². The molecule has 1 amide bonds. The highest BCUT2D eigenvalue weighted by atomic mass is 32.2. The van der Waals surface area contributed by atoms with Gasteiger partial charge in [-0.2, -0.15) is 11.8 Å². The summed E-state index contributed by atoms with van der Waals surface area (Å²) in [5.41, 5.74) is 0. The Kier molecular flexibility index (Phi) is 5.74. The van der Waals surface area contributed by atoms with Gasteiger partial charge >= 0.3 is 0 Å². The SMILES string of the molecule is C[C@H]1CS(=O)(=O)CCN1C(=O)CCCSC(C)(C)C. The molecule has 0 unspecified atom stereocenters. The fourth-order valence-corrected chi connectivity index (χ4v) is 4.57. The van der Waals surface area contributed by atoms with Crippen molar-refractivity contribution in [2.45, 2.75) is 51.3 Å². The summed E-state index contributed by atoms with van der Waals surface area (Å²) >= 11 is 1.86. The van der Waals surface area contributed by atoms with Crippen molar-refractivity contribution in [3.8, 4) is 0 Å². The molecule has 1 aliphatic heterocycles. The highest BCUT2D eigenvalue weighted by Gasteiger charge is 2.30. The van der Waals surface area contributed by atoms with Crippen LogP contribution >= 0.6 is 11.8 Å². The molecule has 1 fully saturated rings. The maximum Gasteiger partial charge on any atom is 0.222 e. The Morgan fingerprint density at radius 1 is 1.37 bits per heavy atom. The highest BCUT2D eigenvalue weighted by molar-refractivity contribution is 8.00.